The van der Waals surface area contributed by atoms with Crippen molar-refractivity contribution in [2.75, 3.05) is 24.2 Å². The largest absolute Gasteiger partial charge is 0.369 e. The van der Waals surface area contributed by atoms with Crippen molar-refractivity contribution in [1.82, 2.24) is 9.97 Å². The maximum absolute atomic E-state index is 4.36. The Morgan fingerprint density at radius 3 is 2.56 bits per heavy atom. The number of aryl methyl sites for hydroxylation is 1. The van der Waals surface area contributed by atoms with Crippen LogP contribution in [0.5, 0.6) is 0 Å². The molecule has 0 radical (unpaired) electrons. The van der Waals surface area contributed by atoms with Gasteiger partial charge in [0.1, 0.15) is 5.82 Å². The molecule has 0 fully saturated rings. The highest BCUT2D eigenvalue weighted by Crippen LogP contribution is 2.20. The van der Waals surface area contributed by atoms with Crippen LogP contribution in [0.2, 0.25) is 0 Å². The lowest BCUT2D eigenvalue weighted by Gasteiger charge is -2.23. The number of aromatic nitrogens is 2. The first-order chi connectivity index (χ1) is 7.46. The molecular formula is C12H22N4. The molecule has 90 valence electrons. The quantitative estimate of drug-likeness (QED) is 0.804. The molecule has 0 aliphatic heterocycles. The minimum Gasteiger partial charge on any atom is -0.369 e. The third-order valence-electron chi connectivity index (χ3n) is 2.78. The molecule has 0 bridgehead atoms. The van der Waals surface area contributed by atoms with E-state index >= 15 is 0 Å². The van der Waals surface area contributed by atoms with Gasteiger partial charge < -0.3 is 10.6 Å². The molecule has 1 rings (SSSR count). The molecule has 0 spiro atoms. The van der Waals surface area contributed by atoms with Gasteiger partial charge in [0.25, 0.3) is 0 Å². The van der Waals surface area contributed by atoms with Gasteiger partial charge in [-0.1, -0.05) is 20.8 Å². The number of hydrogen-bond donors (Lipinski definition) is 2. The maximum atomic E-state index is 4.36. The van der Waals surface area contributed by atoms with Crippen molar-refractivity contribution in [3.8, 4) is 0 Å². The van der Waals surface area contributed by atoms with Gasteiger partial charge >= 0.3 is 0 Å². The van der Waals surface area contributed by atoms with Crippen molar-refractivity contribution in [2.24, 2.45) is 5.41 Å². The molecule has 16 heavy (non-hydrogen) atoms. The Morgan fingerprint density at radius 1 is 1.31 bits per heavy atom. The van der Waals surface area contributed by atoms with Gasteiger partial charge in [0.15, 0.2) is 0 Å². The molecule has 0 unspecified atom stereocenters. The van der Waals surface area contributed by atoms with Gasteiger partial charge in [-0.05, 0) is 18.8 Å². The van der Waals surface area contributed by atoms with Gasteiger partial charge in [0.05, 0.1) is 0 Å². The van der Waals surface area contributed by atoms with Gasteiger partial charge in [-0.3, -0.25) is 0 Å². The molecule has 0 saturated carbocycles. The summed E-state index contributed by atoms with van der Waals surface area (Å²) < 4.78 is 0. The molecule has 2 N–H and O–H groups in total. The highest BCUT2D eigenvalue weighted by atomic mass is 15.1. The van der Waals surface area contributed by atoms with E-state index in [9.17, 15) is 0 Å². The third-order valence-corrected chi connectivity index (χ3v) is 2.78. The summed E-state index contributed by atoms with van der Waals surface area (Å²) in [4.78, 5) is 8.61. The SMILES string of the molecule is CCC(C)(C)CNc1cc(C)nc(NC)n1. The molecule has 0 amide bonds. The van der Waals surface area contributed by atoms with Crippen LogP contribution in [0.3, 0.4) is 0 Å². The summed E-state index contributed by atoms with van der Waals surface area (Å²) in [5, 5.41) is 6.32. The van der Waals surface area contributed by atoms with Gasteiger partial charge in [0, 0.05) is 25.4 Å². The minimum absolute atomic E-state index is 0.290. The molecule has 0 aliphatic carbocycles. The van der Waals surface area contributed by atoms with E-state index in [-0.39, 0.29) is 0 Å². The fourth-order valence-corrected chi connectivity index (χ4v) is 1.23. The van der Waals surface area contributed by atoms with Gasteiger partial charge in [0.2, 0.25) is 5.95 Å². The third kappa shape index (κ3) is 3.68. The fraction of sp³-hybridized carbons (Fsp3) is 0.667. The van der Waals surface area contributed by atoms with Crippen LogP contribution in [0.15, 0.2) is 6.07 Å². The van der Waals surface area contributed by atoms with Crippen LogP contribution in [0, 0.1) is 12.3 Å². The summed E-state index contributed by atoms with van der Waals surface area (Å²) in [5.74, 6) is 1.55. The van der Waals surface area contributed by atoms with E-state index < -0.39 is 0 Å². The standard InChI is InChI=1S/C12H22N4/c1-6-12(3,4)8-14-10-7-9(2)15-11(13-5)16-10/h7H,6,8H2,1-5H3,(H2,13,14,15,16). The molecule has 4 heteroatoms. The van der Waals surface area contributed by atoms with Crippen molar-refractivity contribution in [1.29, 1.82) is 0 Å². The summed E-state index contributed by atoms with van der Waals surface area (Å²) in [7, 11) is 1.83. The Labute approximate surface area is 97.9 Å². The van der Waals surface area contributed by atoms with Gasteiger partial charge in [-0.2, -0.15) is 4.98 Å². The molecule has 0 saturated heterocycles. The number of nitrogens with zero attached hydrogens (tertiary/aromatic N) is 2. The van der Waals surface area contributed by atoms with E-state index in [0.717, 1.165) is 24.5 Å². The van der Waals surface area contributed by atoms with Crippen molar-refractivity contribution in [2.45, 2.75) is 34.1 Å². The number of anilines is 2. The van der Waals surface area contributed by atoms with Crippen molar-refractivity contribution >= 4 is 11.8 Å². The zero-order chi connectivity index (χ0) is 12.2. The Kier molecular flexibility index (Phi) is 4.10. The summed E-state index contributed by atoms with van der Waals surface area (Å²) in [5.41, 5.74) is 1.26. The Hall–Kier alpha value is -1.32. The molecule has 1 aromatic heterocycles. The maximum Gasteiger partial charge on any atom is 0.224 e. The predicted molar refractivity (Wildman–Crippen MR) is 68.9 cm³/mol. The average molecular weight is 222 g/mol. The van der Waals surface area contributed by atoms with E-state index in [4.69, 9.17) is 0 Å². The summed E-state index contributed by atoms with van der Waals surface area (Å²) in [6.45, 7) is 9.58. The summed E-state index contributed by atoms with van der Waals surface area (Å²) in [6.07, 6.45) is 1.14. The van der Waals surface area contributed by atoms with Gasteiger partial charge in [-0.15, -0.1) is 0 Å². The van der Waals surface area contributed by atoms with E-state index in [1.165, 1.54) is 0 Å². The van der Waals surface area contributed by atoms with Crippen LogP contribution in [0.1, 0.15) is 32.9 Å². The summed E-state index contributed by atoms with van der Waals surface area (Å²) >= 11 is 0. The van der Waals surface area contributed by atoms with Crippen LogP contribution in [0.4, 0.5) is 11.8 Å². The zero-order valence-electron chi connectivity index (χ0n) is 10.9. The van der Waals surface area contributed by atoms with Crippen LogP contribution in [-0.4, -0.2) is 23.6 Å². The van der Waals surface area contributed by atoms with Crippen LogP contribution in [0.25, 0.3) is 0 Å². The minimum atomic E-state index is 0.290. The second kappa shape index (κ2) is 5.14. The normalized spacial score (nSPS) is 11.3. The van der Waals surface area contributed by atoms with Crippen molar-refractivity contribution in [3.63, 3.8) is 0 Å². The zero-order valence-corrected chi connectivity index (χ0v) is 10.9. The van der Waals surface area contributed by atoms with E-state index in [0.29, 0.717) is 11.4 Å². The number of hydrogen-bond acceptors (Lipinski definition) is 4. The van der Waals surface area contributed by atoms with Crippen LogP contribution < -0.4 is 10.6 Å². The van der Waals surface area contributed by atoms with E-state index in [1.807, 2.05) is 20.0 Å². The van der Waals surface area contributed by atoms with Crippen molar-refractivity contribution < 1.29 is 0 Å². The second-order valence-corrected chi connectivity index (χ2v) is 4.84. The Bertz CT molecular complexity index is 347. The highest BCUT2D eigenvalue weighted by molar-refractivity contribution is 5.41. The Balaban J connectivity index is 2.70. The van der Waals surface area contributed by atoms with Crippen molar-refractivity contribution in [3.05, 3.63) is 11.8 Å². The van der Waals surface area contributed by atoms with Crippen LogP contribution >= 0.6 is 0 Å². The first-order valence-electron chi connectivity index (χ1n) is 5.74. The number of nitrogens with one attached hydrogen (secondary N) is 2. The predicted octanol–water partition coefficient (Wildman–Crippen LogP) is 2.67. The topological polar surface area (TPSA) is 49.8 Å². The highest BCUT2D eigenvalue weighted by Gasteiger charge is 2.14. The van der Waals surface area contributed by atoms with Crippen LogP contribution in [-0.2, 0) is 0 Å². The molecule has 0 atom stereocenters. The first kappa shape index (κ1) is 12.7. The summed E-state index contributed by atoms with van der Waals surface area (Å²) in [6, 6.07) is 1.96. The average Bonchev–Trinajstić information content (AvgIpc) is 2.26. The lowest BCUT2D eigenvalue weighted by atomic mass is 9.90. The van der Waals surface area contributed by atoms with E-state index in [2.05, 4.69) is 41.4 Å². The molecule has 0 aromatic carbocycles. The Morgan fingerprint density at radius 2 is 2.00 bits per heavy atom. The fourth-order valence-electron chi connectivity index (χ4n) is 1.23. The molecule has 1 heterocycles. The first-order valence-corrected chi connectivity index (χ1v) is 5.74. The smallest absolute Gasteiger partial charge is 0.224 e. The lowest BCUT2D eigenvalue weighted by Crippen LogP contribution is -2.22. The number of rotatable bonds is 5. The van der Waals surface area contributed by atoms with E-state index in [1.54, 1.807) is 0 Å². The second-order valence-electron chi connectivity index (χ2n) is 4.84. The molecule has 4 nitrogen and oxygen atoms in total. The molecule has 1 aromatic rings. The van der Waals surface area contributed by atoms with Gasteiger partial charge in [-0.25, -0.2) is 4.98 Å². The molecular weight excluding hydrogens is 200 g/mol. The molecule has 0 aliphatic rings. The lowest BCUT2D eigenvalue weighted by molar-refractivity contribution is 0.376. The monoisotopic (exact) mass is 222 g/mol.